The largest absolute Gasteiger partial charge is 0.326 e. The summed E-state index contributed by atoms with van der Waals surface area (Å²) in [4.78, 5) is 12.1. The Bertz CT molecular complexity index is 815. The van der Waals surface area contributed by atoms with E-state index in [1.807, 2.05) is 0 Å². The van der Waals surface area contributed by atoms with E-state index in [0.29, 0.717) is 30.8 Å². The summed E-state index contributed by atoms with van der Waals surface area (Å²) >= 11 is 0. The lowest BCUT2D eigenvalue weighted by Gasteiger charge is -2.17. The Balaban J connectivity index is 1.67. The minimum atomic E-state index is -3.22. The number of nitrogens with zero attached hydrogens (tertiary/aromatic N) is 1. The number of carbonyl (C=O) groups excluding carboxylic acids is 1. The molecule has 3 rings (SSSR count). The van der Waals surface area contributed by atoms with E-state index >= 15 is 0 Å². The third-order valence-corrected chi connectivity index (χ3v) is 7.76. The highest BCUT2D eigenvalue weighted by Crippen LogP contribution is 2.26. The zero-order valence-corrected chi connectivity index (χ0v) is 14.1. The van der Waals surface area contributed by atoms with Crippen LogP contribution in [0.1, 0.15) is 12.8 Å². The number of carbonyl (C=O) groups is 1. The fourth-order valence-corrected chi connectivity index (χ4v) is 6.19. The van der Waals surface area contributed by atoms with Crippen LogP contribution in [0.5, 0.6) is 0 Å². The highest BCUT2D eigenvalue weighted by Gasteiger charge is 2.33. The number of hydrogen-bond donors (Lipinski definition) is 1. The van der Waals surface area contributed by atoms with Crippen molar-refractivity contribution in [3.63, 3.8) is 0 Å². The van der Waals surface area contributed by atoms with Crippen LogP contribution in [0.4, 0.5) is 11.4 Å². The molecule has 0 saturated carbocycles. The number of anilines is 2. The molecule has 1 N–H and O–H groups in total. The summed E-state index contributed by atoms with van der Waals surface area (Å²) in [5.41, 5.74) is 1.10. The molecule has 2 heterocycles. The Morgan fingerprint density at radius 1 is 1.09 bits per heavy atom. The third kappa shape index (κ3) is 3.50. The molecule has 2 fully saturated rings. The first-order valence-electron chi connectivity index (χ1n) is 7.39. The van der Waals surface area contributed by atoms with Gasteiger partial charge in [0.2, 0.25) is 15.9 Å². The Hall–Kier alpha value is -1.61. The van der Waals surface area contributed by atoms with Gasteiger partial charge < -0.3 is 5.32 Å². The fourth-order valence-electron chi connectivity index (χ4n) is 2.89. The number of benzene rings is 1. The van der Waals surface area contributed by atoms with Crippen LogP contribution in [0.15, 0.2) is 24.3 Å². The summed E-state index contributed by atoms with van der Waals surface area (Å²) < 4.78 is 47.9. The van der Waals surface area contributed by atoms with E-state index in [1.54, 1.807) is 24.3 Å². The quantitative estimate of drug-likeness (QED) is 0.853. The predicted octanol–water partition coefficient (Wildman–Crippen LogP) is 0.600. The predicted molar refractivity (Wildman–Crippen MR) is 87.6 cm³/mol. The topological polar surface area (TPSA) is 101 Å². The first kappa shape index (κ1) is 16.3. The van der Waals surface area contributed by atoms with E-state index in [4.69, 9.17) is 0 Å². The number of sulfone groups is 1. The normalized spacial score (nSPS) is 25.4. The maximum absolute atomic E-state index is 12.1. The van der Waals surface area contributed by atoms with Crippen molar-refractivity contribution in [2.24, 2.45) is 5.92 Å². The highest BCUT2D eigenvalue weighted by molar-refractivity contribution is 7.93. The fraction of sp³-hybridized carbons (Fsp3) is 0.500. The Morgan fingerprint density at radius 2 is 1.78 bits per heavy atom. The lowest BCUT2D eigenvalue weighted by atomic mass is 10.1. The average molecular weight is 358 g/mol. The average Bonchev–Trinajstić information content (AvgIpc) is 3.01. The van der Waals surface area contributed by atoms with Gasteiger partial charge in [-0.1, -0.05) is 0 Å². The van der Waals surface area contributed by atoms with Crippen molar-refractivity contribution >= 4 is 37.1 Å². The monoisotopic (exact) mass is 358 g/mol. The molecule has 7 nitrogen and oxygen atoms in total. The number of sulfonamides is 1. The SMILES string of the molecule is O=C(Nc1ccc(N2CCCS2(=O)=O)cc1)[C@@H]1CCS(=O)(=O)C1. The van der Waals surface area contributed by atoms with Gasteiger partial charge in [-0.2, -0.15) is 0 Å². The van der Waals surface area contributed by atoms with Crippen LogP contribution in [0.2, 0.25) is 0 Å². The Kier molecular flexibility index (Phi) is 4.09. The molecule has 2 aliphatic heterocycles. The van der Waals surface area contributed by atoms with Gasteiger partial charge in [-0.15, -0.1) is 0 Å². The minimum absolute atomic E-state index is 0.0524. The van der Waals surface area contributed by atoms with Crippen molar-refractivity contribution in [3.8, 4) is 0 Å². The molecule has 1 atom stereocenters. The second-order valence-electron chi connectivity index (χ2n) is 5.88. The summed E-state index contributed by atoms with van der Waals surface area (Å²) in [5.74, 6) is -0.729. The van der Waals surface area contributed by atoms with Crippen LogP contribution in [0, 0.1) is 5.92 Å². The molecule has 0 spiro atoms. The summed E-state index contributed by atoms with van der Waals surface area (Å²) in [6.45, 7) is 0.466. The molecule has 0 radical (unpaired) electrons. The van der Waals surface area contributed by atoms with Gasteiger partial charge in [-0.25, -0.2) is 16.8 Å². The van der Waals surface area contributed by atoms with E-state index < -0.39 is 25.8 Å². The lowest BCUT2D eigenvalue weighted by Crippen LogP contribution is -2.25. The molecule has 126 valence electrons. The van der Waals surface area contributed by atoms with Crippen molar-refractivity contribution in [2.75, 3.05) is 33.4 Å². The summed E-state index contributed by atoms with van der Waals surface area (Å²) in [6.07, 6.45) is 0.954. The molecule has 23 heavy (non-hydrogen) atoms. The van der Waals surface area contributed by atoms with Gasteiger partial charge in [0.25, 0.3) is 0 Å². The third-order valence-electron chi connectivity index (χ3n) is 4.13. The van der Waals surface area contributed by atoms with E-state index in [2.05, 4.69) is 5.32 Å². The van der Waals surface area contributed by atoms with Crippen molar-refractivity contribution in [2.45, 2.75) is 12.8 Å². The molecule has 1 aromatic rings. The van der Waals surface area contributed by atoms with Gasteiger partial charge in [0.15, 0.2) is 9.84 Å². The van der Waals surface area contributed by atoms with Crippen LogP contribution < -0.4 is 9.62 Å². The van der Waals surface area contributed by atoms with Crippen molar-refractivity contribution in [1.82, 2.24) is 0 Å². The molecule has 1 amide bonds. The number of amides is 1. The standard InChI is InChI=1S/C14H18N2O5S2/c17-14(11-6-9-22(18,19)10-11)15-12-2-4-13(5-3-12)16-7-1-8-23(16,20)21/h2-5,11H,1,6-10H2,(H,15,17)/t11-/m1/s1. The lowest BCUT2D eigenvalue weighted by molar-refractivity contribution is -0.119. The van der Waals surface area contributed by atoms with Crippen LogP contribution in [-0.4, -0.2) is 46.5 Å². The van der Waals surface area contributed by atoms with Gasteiger partial charge >= 0.3 is 0 Å². The van der Waals surface area contributed by atoms with Crippen LogP contribution in [-0.2, 0) is 24.7 Å². The van der Waals surface area contributed by atoms with Crippen LogP contribution in [0.3, 0.4) is 0 Å². The molecule has 2 aliphatic rings. The Morgan fingerprint density at radius 3 is 2.30 bits per heavy atom. The van der Waals surface area contributed by atoms with Gasteiger partial charge in [-0.05, 0) is 37.1 Å². The number of hydrogen-bond acceptors (Lipinski definition) is 5. The molecule has 1 aromatic carbocycles. The molecular formula is C14H18N2O5S2. The van der Waals surface area contributed by atoms with E-state index in [9.17, 15) is 21.6 Å². The van der Waals surface area contributed by atoms with Crippen LogP contribution >= 0.6 is 0 Å². The maximum Gasteiger partial charge on any atom is 0.235 e. The van der Waals surface area contributed by atoms with Gasteiger partial charge in [0.05, 0.1) is 28.9 Å². The van der Waals surface area contributed by atoms with Gasteiger partial charge in [0, 0.05) is 12.2 Å². The summed E-state index contributed by atoms with van der Waals surface area (Å²) in [7, 11) is -6.32. The highest BCUT2D eigenvalue weighted by atomic mass is 32.2. The molecule has 0 aliphatic carbocycles. The number of rotatable bonds is 3. The first-order valence-corrected chi connectivity index (χ1v) is 10.8. The minimum Gasteiger partial charge on any atom is -0.326 e. The van der Waals surface area contributed by atoms with Crippen molar-refractivity contribution < 1.29 is 21.6 Å². The second-order valence-corrected chi connectivity index (χ2v) is 10.1. The van der Waals surface area contributed by atoms with E-state index in [1.165, 1.54) is 4.31 Å². The first-order chi connectivity index (χ1) is 10.8. The second kappa shape index (κ2) is 5.79. The summed E-state index contributed by atoms with van der Waals surface area (Å²) in [6, 6.07) is 6.54. The van der Waals surface area contributed by atoms with Crippen molar-refractivity contribution in [3.05, 3.63) is 24.3 Å². The van der Waals surface area contributed by atoms with Gasteiger partial charge in [0.1, 0.15) is 0 Å². The Labute approximate surface area is 135 Å². The molecular weight excluding hydrogens is 340 g/mol. The molecule has 2 saturated heterocycles. The van der Waals surface area contributed by atoms with E-state index in [-0.39, 0.29) is 23.2 Å². The molecule has 0 bridgehead atoms. The van der Waals surface area contributed by atoms with E-state index in [0.717, 1.165) is 0 Å². The molecule has 0 unspecified atom stereocenters. The van der Waals surface area contributed by atoms with Crippen LogP contribution in [0.25, 0.3) is 0 Å². The maximum atomic E-state index is 12.1. The zero-order valence-electron chi connectivity index (χ0n) is 12.4. The molecule has 9 heteroatoms. The number of nitrogens with one attached hydrogen (secondary N) is 1. The summed E-state index contributed by atoms with van der Waals surface area (Å²) in [5, 5.41) is 2.69. The van der Waals surface area contributed by atoms with Gasteiger partial charge in [-0.3, -0.25) is 9.10 Å². The smallest absolute Gasteiger partial charge is 0.235 e. The zero-order chi connectivity index (χ0) is 16.7. The molecule has 0 aromatic heterocycles. The van der Waals surface area contributed by atoms with Crippen molar-refractivity contribution in [1.29, 1.82) is 0 Å².